The second-order valence-corrected chi connectivity index (χ2v) is 4.64. The van der Waals surface area contributed by atoms with Crippen molar-refractivity contribution in [1.82, 2.24) is 5.32 Å². The lowest BCUT2D eigenvalue weighted by Crippen LogP contribution is -2.39. The van der Waals surface area contributed by atoms with E-state index >= 15 is 0 Å². The summed E-state index contributed by atoms with van der Waals surface area (Å²) < 4.78 is 10.3. The second kappa shape index (κ2) is 8.71. The fourth-order valence-corrected chi connectivity index (χ4v) is 1.89. The van der Waals surface area contributed by atoms with Crippen molar-refractivity contribution in [2.24, 2.45) is 0 Å². The maximum absolute atomic E-state index is 11.8. The van der Waals surface area contributed by atoms with Gasteiger partial charge in [-0.05, 0) is 30.2 Å². The Kier molecular flexibility index (Phi) is 6.95. The highest BCUT2D eigenvalue weighted by Crippen LogP contribution is 2.27. The van der Waals surface area contributed by atoms with Crippen LogP contribution >= 0.6 is 0 Å². The van der Waals surface area contributed by atoms with Gasteiger partial charge in [0, 0.05) is 6.08 Å². The molecule has 0 aliphatic heterocycles. The molecule has 0 radical (unpaired) electrons. The minimum absolute atomic E-state index is 0.394. The maximum atomic E-state index is 11.8. The summed E-state index contributed by atoms with van der Waals surface area (Å²) in [6.07, 6.45) is 3.96. The first-order valence-electron chi connectivity index (χ1n) is 6.95. The number of carboxylic acids is 1. The zero-order valence-electron chi connectivity index (χ0n) is 13.0. The summed E-state index contributed by atoms with van der Waals surface area (Å²) in [5.41, 5.74) is 0.746. The van der Waals surface area contributed by atoms with Crippen LogP contribution in [0.1, 0.15) is 25.3 Å². The number of methoxy groups -OCH3 is 2. The van der Waals surface area contributed by atoms with Crippen LogP contribution in [0.15, 0.2) is 24.3 Å². The number of benzene rings is 1. The van der Waals surface area contributed by atoms with Crippen LogP contribution in [0, 0.1) is 0 Å². The standard InChI is InChI=1S/C16H21NO5/c1-4-5-12(16(19)20)17-15(18)9-7-11-6-8-13(21-2)14(10-11)22-3/h6-10,12H,4-5H2,1-3H3,(H,17,18)(H,19,20)/b9-7+. The van der Waals surface area contributed by atoms with Crippen LogP contribution in [0.25, 0.3) is 6.08 Å². The Morgan fingerprint density at radius 2 is 1.95 bits per heavy atom. The Hall–Kier alpha value is -2.50. The highest BCUT2D eigenvalue weighted by Gasteiger charge is 2.17. The van der Waals surface area contributed by atoms with E-state index in [1.54, 1.807) is 31.4 Å². The van der Waals surface area contributed by atoms with Crippen molar-refractivity contribution in [3.05, 3.63) is 29.8 Å². The van der Waals surface area contributed by atoms with E-state index in [1.165, 1.54) is 13.2 Å². The normalized spacial score (nSPS) is 12.0. The molecule has 1 atom stereocenters. The predicted octanol–water partition coefficient (Wildman–Crippen LogP) is 2.09. The Morgan fingerprint density at radius 3 is 2.50 bits per heavy atom. The molecular weight excluding hydrogens is 286 g/mol. The first-order valence-corrected chi connectivity index (χ1v) is 6.95. The number of carbonyl (C=O) groups excluding carboxylic acids is 1. The van der Waals surface area contributed by atoms with Crippen LogP contribution in [-0.2, 0) is 9.59 Å². The SMILES string of the molecule is CCCC(NC(=O)/C=C/c1ccc(OC)c(OC)c1)C(=O)O. The van der Waals surface area contributed by atoms with Gasteiger partial charge in [-0.1, -0.05) is 19.4 Å². The van der Waals surface area contributed by atoms with E-state index in [-0.39, 0.29) is 0 Å². The molecule has 1 aromatic rings. The first kappa shape index (κ1) is 17.6. The number of amides is 1. The quantitative estimate of drug-likeness (QED) is 0.718. The Bertz CT molecular complexity index is 553. The second-order valence-electron chi connectivity index (χ2n) is 4.64. The van der Waals surface area contributed by atoms with Crippen molar-refractivity contribution in [1.29, 1.82) is 0 Å². The molecule has 0 spiro atoms. The smallest absolute Gasteiger partial charge is 0.326 e. The minimum Gasteiger partial charge on any atom is -0.493 e. The number of hydrogen-bond donors (Lipinski definition) is 2. The molecule has 2 N–H and O–H groups in total. The average molecular weight is 307 g/mol. The average Bonchev–Trinajstić information content (AvgIpc) is 2.52. The largest absolute Gasteiger partial charge is 0.493 e. The molecule has 0 fully saturated rings. The molecule has 1 aromatic carbocycles. The van der Waals surface area contributed by atoms with Gasteiger partial charge >= 0.3 is 5.97 Å². The van der Waals surface area contributed by atoms with Crippen LogP contribution in [0.5, 0.6) is 11.5 Å². The van der Waals surface area contributed by atoms with E-state index in [4.69, 9.17) is 14.6 Å². The predicted molar refractivity (Wildman–Crippen MR) is 83.1 cm³/mol. The first-order chi connectivity index (χ1) is 10.5. The van der Waals surface area contributed by atoms with Gasteiger partial charge in [0.2, 0.25) is 5.91 Å². The minimum atomic E-state index is -1.03. The summed E-state index contributed by atoms with van der Waals surface area (Å²) >= 11 is 0. The lowest BCUT2D eigenvalue weighted by atomic mass is 10.1. The van der Waals surface area contributed by atoms with Gasteiger partial charge in [-0.15, -0.1) is 0 Å². The zero-order chi connectivity index (χ0) is 16.5. The van der Waals surface area contributed by atoms with Crippen LogP contribution in [-0.4, -0.2) is 37.2 Å². The molecular formula is C16H21NO5. The third-order valence-corrected chi connectivity index (χ3v) is 3.03. The van der Waals surface area contributed by atoms with Gasteiger partial charge in [-0.2, -0.15) is 0 Å². The van der Waals surface area contributed by atoms with Crippen LogP contribution in [0.3, 0.4) is 0 Å². The molecule has 6 nitrogen and oxygen atoms in total. The number of rotatable bonds is 8. The monoisotopic (exact) mass is 307 g/mol. The van der Waals surface area contributed by atoms with Crippen LogP contribution < -0.4 is 14.8 Å². The van der Waals surface area contributed by atoms with Gasteiger partial charge in [0.15, 0.2) is 11.5 Å². The van der Waals surface area contributed by atoms with Crippen LogP contribution in [0.4, 0.5) is 0 Å². The van der Waals surface area contributed by atoms with Gasteiger partial charge in [0.25, 0.3) is 0 Å². The topological polar surface area (TPSA) is 84.9 Å². The number of hydrogen-bond acceptors (Lipinski definition) is 4. The van der Waals surface area contributed by atoms with Crippen molar-refractivity contribution >= 4 is 18.0 Å². The molecule has 0 aromatic heterocycles. The summed E-state index contributed by atoms with van der Waals surface area (Å²) in [7, 11) is 3.07. The van der Waals surface area contributed by atoms with Gasteiger partial charge < -0.3 is 19.9 Å². The summed E-state index contributed by atoms with van der Waals surface area (Å²) in [4.78, 5) is 22.8. The lowest BCUT2D eigenvalue weighted by molar-refractivity contribution is -0.141. The number of carboxylic acid groups (broad SMARTS) is 1. The Morgan fingerprint density at radius 1 is 1.27 bits per heavy atom. The summed E-state index contributed by atoms with van der Waals surface area (Å²) in [5, 5.41) is 11.5. The van der Waals surface area contributed by atoms with Crippen molar-refractivity contribution in [2.45, 2.75) is 25.8 Å². The molecule has 1 unspecified atom stereocenters. The van der Waals surface area contributed by atoms with E-state index in [1.807, 2.05) is 6.92 Å². The molecule has 120 valence electrons. The molecule has 0 bridgehead atoms. The fourth-order valence-electron chi connectivity index (χ4n) is 1.89. The van der Waals surface area contributed by atoms with Gasteiger partial charge in [-0.25, -0.2) is 4.79 Å². The summed E-state index contributed by atoms with van der Waals surface area (Å²) in [6, 6.07) is 4.36. The van der Waals surface area contributed by atoms with Crippen molar-refractivity contribution in [3.63, 3.8) is 0 Å². The van der Waals surface area contributed by atoms with Gasteiger partial charge in [0.1, 0.15) is 6.04 Å². The fraction of sp³-hybridized carbons (Fsp3) is 0.375. The highest BCUT2D eigenvalue weighted by atomic mass is 16.5. The van der Waals surface area contributed by atoms with E-state index < -0.39 is 17.9 Å². The Balaban J connectivity index is 2.75. The molecule has 1 amide bonds. The third-order valence-electron chi connectivity index (χ3n) is 3.03. The number of carbonyl (C=O) groups is 2. The Labute approximate surface area is 129 Å². The number of nitrogens with one attached hydrogen (secondary N) is 1. The number of ether oxygens (including phenoxy) is 2. The van der Waals surface area contributed by atoms with E-state index in [9.17, 15) is 9.59 Å². The number of aliphatic carboxylic acids is 1. The van der Waals surface area contributed by atoms with Crippen molar-refractivity contribution in [2.75, 3.05) is 14.2 Å². The summed E-state index contributed by atoms with van der Waals surface area (Å²) in [6.45, 7) is 1.86. The molecule has 1 rings (SSSR count). The van der Waals surface area contributed by atoms with E-state index in [0.717, 1.165) is 5.56 Å². The highest BCUT2D eigenvalue weighted by molar-refractivity contribution is 5.94. The molecule has 0 heterocycles. The van der Waals surface area contributed by atoms with Crippen molar-refractivity contribution in [3.8, 4) is 11.5 Å². The van der Waals surface area contributed by atoms with E-state index in [0.29, 0.717) is 24.3 Å². The summed E-state index contributed by atoms with van der Waals surface area (Å²) in [5.74, 6) is -0.331. The lowest BCUT2D eigenvalue weighted by Gasteiger charge is -2.11. The maximum Gasteiger partial charge on any atom is 0.326 e. The van der Waals surface area contributed by atoms with Crippen LogP contribution in [0.2, 0.25) is 0 Å². The zero-order valence-corrected chi connectivity index (χ0v) is 13.0. The van der Waals surface area contributed by atoms with Crippen molar-refractivity contribution < 1.29 is 24.2 Å². The molecule has 22 heavy (non-hydrogen) atoms. The molecule has 0 aliphatic carbocycles. The molecule has 6 heteroatoms. The molecule has 0 aliphatic rings. The van der Waals surface area contributed by atoms with Gasteiger partial charge in [0.05, 0.1) is 14.2 Å². The molecule has 0 saturated carbocycles. The third kappa shape index (κ3) is 5.12. The van der Waals surface area contributed by atoms with Gasteiger partial charge in [-0.3, -0.25) is 4.79 Å². The molecule has 0 saturated heterocycles. The van der Waals surface area contributed by atoms with E-state index in [2.05, 4.69) is 5.32 Å².